The molecular weight excluding hydrogens is 161 g/mol. The van der Waals surface area contributed by atoms with Crippen molar-refractivity contribution in [2.24, 2.45) is 0 Å². The molecule has 0 amide bonds. The van der Waals surface area contributed by atoms with E-state index in [-0.39, 0.29) is 6.54 Å². The highest BCUT2D eigenvalue weighted by atomic mass is 19.1. The van der Waals surface area contributed by atoms with E-state index in [2.05, 4.69) is 15.5 Å². The molecule has 0 saturated heterocycles. The number of aryl methyl sites for hydroxylation is 1. The molecule has 0 aliphatic heterocycles. The van der Waals surface area contributed by atoms with Crippen LogP contribution in [0.1, 0.15) is 18.7 Å². The van der Waals surface area contributed by atoms with E-state index in [1.54, 1.807) is 6.92 Å². The highest BCUT2D eigenvalue weighted by Gasteiger charge is 2.43. The first-order valence-corrected chi connectivity index (χ1v) is 3.91. The SMILES string of the molecule is Cc1nnc(NCC2(F)CC2)o1. The lowest BCUT2D eigenvalue weighted by atomic mass is 10.4. The first-order chi connectivity index (χ1) is 5.68. The fourth-order valence-electron chi connectivity index (χ4n) is 0.914. The molecule has 1 aromatic rings. The summed E-state index contributed by atoms with van der Waals surface area (Å²) in [5.41, 5.74) is -1.03. The van der Waals surface area contributed by atoms with Crippen LogP contribution in [0.15, 0.2) is 4.42 Å². The molecule has 0 spiro atoms. The van der Waals surface area contributed by atoms with Crippen LogP contribution in [0.25, 0.3) is 0 Å². The Morgan fingerprint density at radius 3 is 2.83 bits per heavy atom. The fraction of sp³-hybridized carbons (Fsp3) is 0.714. The second-order valence-electron chi connectivity index (χ2n) is 3.13. The molecule has 0 radical (unpaired) electrons. The molecule has 1 heterocycles. The van der Waals surface area contributed by atoms with Crippen molar-refractivity contribution in [1.29, 1.82) is 0 Å². The molecule has 12 heavy (non-hydrogen) atoms. The monoisotopic (exact) mass is 171 g/mol. The zero-order valence-electron chi connectivity index (χ0n) is 6.80. The maximum Gasteiger partial charge on any atom is 0.315 e. The Morgan fingerprint density at radius 1 is 1.58 bits per heavy atom. The van der Waals surface area contributed by atoms with E-state index in [0.29, 0.717) is 24.7 Å². The van der Waals surface area contributed by atoms with Crippen LogP contribution >= 0.6 is 0 Å². The normalized spacial score (nSPS) is 19.2. The fourth-order valence-corrected chi connectivity index (χ4v) is 0.914. The Hall–Kier alpha value is -1.13. The van der Waals surface area contributed by atoms with Crippen molar-refractivity contribution in [1.82, 2.24) is 10.2 Å². The van der Waals surface area contributed by atoms with E-state index in [9.17, 15) is 4.39 Å². The Balaban J connectivity index is 1.87. The summed E-state index contributed by atoms with van der Waals surface area (Å²) in [6.07, 6.45) is 1.26. The Kier molecular flexibility index (Phi) is 1.52. The van der Waals surface area contributed by atoms with Gasteiger partial charge in [-0.15, -0.1) is 5.10 Å². The van der Waals surface area contributed by atoms with Crippen LogP contribution in [0.5, 0.6) is 0 Å². The molecule has 2 rings (SSSR count). The summed E-state index contributed by atoms with van der Waals surface area (Å²) < 4.78 is 18.0. The summed E-state index contributed by atoms with van der Waals surface area (Å²) in [6.45, 7) is 1.97. The summed E-state index contributed by atoms with van der Waals surface area (Å²) in [6, 6.07) is 0.302. The van der Waals surface area contributed by atoms with Crippen LogP contribution in [0.4, 0.5) is 10.4 Å². The van der Waals surface area contributed by atoms with Crippen LogP contribution in [-0.4, -0.2) is 22.4 Å². The molecule has 1 aliphatic rings. The van der Waals surface area contributed by atoms with Crippen molar-refractivity contribution < 1.29 is 8.81 Å². The van der Waals surface area contributed by atoms with Crippen molar-refractivity contribution >= 4 is 6.01 Å². The van der Waals surface area contributed by atoms with Gasteiger partial charge in [0.25, 0.3) is 0 Å². The van der Waals surface area contributed by atoms with Gasteiger partial charge in [-0.3, -0.25) is 0 Å². The molecule has 1 aliphatic carbocycles. The molecule has 1 fully saturated rings. The average Bonchev–Trinajstić information content (AvgIpc) is 2.60. The third kappa shape index (κ3) is 1.54. The number of nitrogens with zero attached hydrogens (tertiary/aromatic N) is 2. The molecule has 0 aromatic carbocycles. The van der Waals surface area contributed by atoms with E-state index >= 15 is 0 Å². The Morgan fingerprint density at radius 2 is 2.33 bits per heavy atom. The van der Waals surface area contributed by atoms with Gasteiger partial charge in [0.1, 0.15) is 5.67 Å². The number of halogens is 1. The zero-order chi connectivity index (χ0) is 8.60. The Bertz CT molecular complexity index is 282. The largest absolute Gasteiger partial charge is 0.408 e. The van der Waals surface area contributed by atoms with Crippen molar-refractivity contribution in [2.75, 3.05) is 11.9 Å². The predicted octanol–water partition coefficient (Wildman–Crippen LogP) is 1.29. The minimum atomic E-state index is -1.03. The molecule has 4 nitrogen and oxygen atoms in total. The van der Waals surface area contributed by atoms with Gasteiger partial charge in [-0.1, -0.05) is 5.10 Å². The van der Waals surface area contributed by atoms with Gasteiger partial charge in [-0.25, -0.2) is 4.39 Å². The van der Waals surface area contributed by atoms with Crippen LogP contribution in [0.2, 0.25) is 0 Å². The van der Waals surface area contributed by atoms with Crippen LogP contribution < -0.4 is 5.32 Å². The third-order valence-corrected chi connectivity index (χ3v) is 1.87. The molecule has 1 aromatic heterocycles. The lowest BCUT2D eigenvalue weighted by Crippen LogP contribution is -2.16. The van der Waals surface area contributed by atoms with E-state index in [1.807, 2.05) is 0 Å². The van der Waals surface area contributed by atoms with E-state index in [1.165, 1.54) is 0 Å². The second kappa shape index (κ2) is 2.43. The van der Waals surface area contributed by atoms with Crippen LogP contribution in [0.3, 0.4) is 0 Å². The van der Waals surface area contributed by atoms with Crippen molar-refractivity contribution in [3.8, 4) is 0 Å². The standard InChI is InChI=1S/C7H10FN3O/c1-5-10-11-6(12-5)9-4-7(8)2-3-7/h2-4H2,1H3,(H,9,11). The number of alkyl halides is 1. The maximum absolute atomic E-state index is 13.0. The summed E-state index contributed by atoms with van der Waals surface area (Å²) >= 11 is 0. The number of aromatic nitrogens is 2. The van der Waals surface area contributed by atoms with Gasteiger partial charge < -0.3 is 9.73 Å². The van der Waals surface area contributed by atoms with E-state index < -0.39 is 5.67 Å². The first kappa shape index (κ1) is 7.52. The molecule has 66 valence electrons. The molecule has 0 bridgehead atoms. The smallest absolute Gasteiger partial charge is 0.315 e. The van der Waals surface area contributed by atoms with Crippen molar-refractivity contribution in [3.05, 3.63) is 5.89 Å². The van der Waals surface area contributed by atoms with Gasteiger partial charge in [0, 0.05) is 6.92 Å². The molecular formula is C7H10FN3O. The van der Waals surface area contributed by atoms with Crippen LogP contribution in [-0.2, 0) is 0 Å². The summed E-state index contributed by atoms with van der Waals surface area (Å²) in [7, 11) is 0. The van der Waals surface area contributed by atoms with Crippen LogP contribution in [0, 0.1) is 6.92 Å². The third-order valence-electron chi connectivity index (χ3n) is 1.87. The van der Waals surface area contributed by atoms with Crippen molar-refractivity contribution in [3.63, 3.8) is 0 Å². The number of hydrogen-bond donors (Lipinski definition) is 1. The van der Waals surface area contributed by atoms with Gasteiger partial charge in [0.05, 0.1) is 6.54 Å². The predicted molar refractivity (Wildman–Crippen MR) is 40.6 cm³/mol. The van der Waals surface area contributed by atoms with Crippen molar-refractivity contribution in [2.45, 2.75) is 25.4 Å². The minimum absolute atomic E-state index is 0.272. The summed E-state index contributed by atoms with van der Waals surface area (Å²) in [5, 5.41) is 10.0. The topological polar surface area (TPSA) is 51.0 Å². The van der Waals surface area contributed by atoms with E-state index in [4.69, 9.17) is 4.42 Å². The average molecular weight is 171 g/mol. The lowest BCUT2D eigenvalue weighted by molar-refractivity contribution is 0.324. The Labute approximate surface area is 69.2 Å². The zero-order valence-corrected chi connectivity index (χ0v) is 6.80. The van der Waals surface area contributed by atoms with E-state index in [0.717, 1.165) is 0 Å². The first-order valence-electron chi connectivity index (χ1n) is 3.91. The highest BCUT2D eigenvalue weighted by molar-refractivity contribution is 5.20. The van der Waals surface area contributed by atoms with Gasteiger partial charge in [-0.2, -0.15) is 0 Å². The van der Waals surface area contributed by atoms with Gasteiger partial charge in [-0.05, 0) is 12.8 Å². The number of rotatable bonds is 3. The summed E-state index contributed by atoms with van der Waals surface area (Å²) in [4.78, 5) is 0. The quantitative estimate of drug-likeness (QED) is 0.744. The minimum Gasteiger partial charge on any atom is -0.408 e. The second-order valence-corrected chi connectivity index (χ2v) is 3.13. The molecule has 0 atom stereocenters. The van der Waals surface area contributed by atoms with Gasteiger partial charge in [0.15, 0.2) is 0 Å². The highest BCUT2D eigenvalue weighted by Crippen LogP contribution is 2.39. The maximum atomic E-state index is 13.0. The molecule has 1 N–H and O–H groups in total. The van der Waals surface area contributed by atoms with Gasteiger partial charge in [0.2, 0.25) is 5.89 Å². The number of nitrogens with one attached hydrogen (secondary N) is 1. The lowest BCUT2D eigenvalue weighted by Gasteiger charge is -2.02. The molecule has 0 unspecified atom stereocenters. The number of anilines is 1. The van der Waals surface area contributed by atoms with Gasteiger partial charge >= 0.3 is 6.01 Å². The number of hydrogen-bond acceptors (Lipinski definition) is 4. The molecule has 5 heteroatoms. The molecule has 1 saturated carbocycles. The summed E-state index contributed by atoms with van der Waals surface area (Å²) in [5.74, 6) is 0.487.